The number of anilines is 2. The number of benzene rings is 2. The average Bonchev–Trinajstić information content (AvgIpc) is 2.48. The number of nitrogens with one attached hydrogen (secondary N) is 1. The normalized spacial score (nSPS) is 10.4. The quantitative estimate of drug-likeness (QED) is 0.576. The minimum absolute atomic E-state index is 0.0761. The van der Waals surface area contributed by atoms with Gasteiger partial charge in [0.05, 0.1) is 22.3 Å². The van der Waals surface area contributed by atoms with Crippen molar-refractivity contribution < 1.29 is 4.92 Å². The molecule has 0 bridgehead atoms. The molecule has 0 aliphatic heterocycles. The third kappa shape index (κ3) is 2.42. The molecule has 0 saturated carbocycles. The smallest absolute Gasteiger partial charge is 0.269 e. The molecule has 0 spiro atoms. The van der Waals surface area contributed by atoms with E-state index in [0.717, 1.165) is 22.3 Å². The molecule has 1 N–H and O–H groups in total. The molecule has 1 aromatic heterocycles. The van der Waals surface area contributed by atoms with Gasteiger partial charge >= 0.3 is 0 Å². The van der Waals surface area contributed by atoms with E-state index in [9.17, 15) is 10.1 Å². The summed E-state index contributed by atoms with van der Waals surface area (Å²) in [6.07, 6.45) is 1.74. The molecule has 0 amide bonds. The third-order valence-corrected chi connectivity index (χ3v) is 2.96. The Kier molecular flexibility index (Phi) is 3.01. The van der Waals surface area contributed by atoms with Gasteiger partial charge in [0.1, 0.15) is 0 Å². The second-order valence-corrected chi connectivity index (χ2v) is 4.35. The van der Waals surface area contributed by atoms with Crippen molar-refractivity contribution in [3.63, 3.8) is 0 Å². The first-order valence-corrected chi connectivity index (χ1v) is 6.09. The number of nitro benzene ring substituents is 1. The van der Waals surface area contributed by atoms with E-state index in [4.69, 9.17) is 0 Å². The summed E-state index contributed by atoms with van der Waals surface area (Å²) >= 11 is 0. The van der Waals surface area contributed by atoms with Crippen molar-refractivity contribution in [2.24, 2.45) is 0 Å². The Morgan fingerprint density at radius 2 is 1.75 bits per heavy atom. The van der Waals surface area contributed by atoms with Gasteiger partial charge in [0.15, 0.2) is 0 Å². The highest BCUT2D eigenvalue weighted by atomic mass is 16.6. The lowest BCUT2D eigenvalue weighted by Crippen LogP contribution is -1.92. The summed E-state index contributed by atoms with van der Waals surface area (Å²) in [7, 11) is 0. The molecule has 0 saturated heterocycles. The number of aromatic nitrogens is 1. The summed E-state index contributed by atoms with van der Waals surface area (Å²) in [6, 6.07) is 16.1. The van der Waals surface area contributed by atoms with E-state index in [0.29, 0.717) is 0 Å². The molecule has 0 unspecified atom stereocenters. The molecule has 0 radical (unpaired) electrons. The van der Waals surface area contributed by atoms with Crippen molar-refractivity contribution in [3.05, 3.63) is 70.9 Å². The van der Waals surface area contributed by atoms with E-state index in [1.54, 1.807) is 18.3 Å². The van der Waals surface area contributed by atoms with Crippen molar-refractivity contribution in [2.75, 3.05) is 5.32 Å². The molecular formula is C15H11N3O2. The topological polar surface area (TPSA) is 68.1 Å². The SMILES string of the molecule is O=[N+]([O-])c1ccc(Nc2cnc3ccccc3c2)cc1. The summed E-state index contributed by atoms with van der Waals surface area (Å²) < 4.78 is 0. The minimum atomic E-state index is -0.415. The number of non-ortho nitro benzene ring substituents is 1. The van der Waals surface area contributed by atoms with Gasteiger partial charge in [-0.05, 0) is 24.3 Å². The highest BCUT2D eigenvalue weighted by Crippen LogP contribution is 2.22. The number of fused-ring (bicyclic) bond motifs is 1. The van der Waals surface area contributed by atoms with Crippen LogP contribution in [0.1, 0.15) is 0 Å². The van der Waals surface area contributed by atoms with Crippen LogP contribution in [0.2, 0.25) is 0 Å². The molecule has 5 nitrogen and oxygen atoms in total. The van der Waals surface area contributed by atoms with Crippen molar-refractivity contribution >= 4 is 28.0 Å². The zero-order valence-corrected chi connectivity index (χ0v) is 10.5. The Bertz CT molecular complexity index is 769. The Hall–Kier alpha value is -2.95. The van der Waals surface area contributed by atoms with Gasteiger partial charge < -0.3 is 5.32 Å². The lowest BCUT2D eigenvalue weighted by atomic mass is 10.2. The molecule has 1 heterocycles. The summed E-state index contributed by atoms with van der Waals surface area (Å²) in [5, 5.41) is 14.8. The summed E-state index contributed by atoms with van der Waals surface area (Å²) in [5.74, 6) is 0. The number of nitrogens with zero attached hydrogens (tertiary/aromatic N) is 2. The molecule has 20 heavy (non-hydrogen) atoms. The Morgan fingerprint density at radius 3 is 2.50 bits per heavy atom. The third-order valence-electron chi connectivity index (χ3n) is 2.96. The summed E-state index contributed by atoms with van der Waals surface area (Å²) in [4.78, 5) is 14.5. The highest BCUT2D eigenvalue weighted by Gasteiger charge is 2.04. The number of rotatable bonds is 3. The van der Waals surface area contributed by atoms with Crippen molar-refractivity contribution in [3.8, 4) is 0 Å². The standard InChI is InChI=1S/C15H11N3O2/c19-18(20)14-7-5-12(6-8-14)17-13-9-11-3-1-2-4-15(11)16-10-13/h1-10,17H. The van der Waals surface area contributed by atoms with Crippen LogP contribution in [0, 0.1) is 10.1 Å². The van der Waals surface area contributed by atoms with Gasteiger partial charge in [-0.3, -0.25) is 15.1 Å². The van der Waals surface area contributed by atoms with Crippen LogP contribution in [0.15, 0.2) is 60.8 Å². The Balaban J connectivity index is 1.87. The van der Waals surface area contributed by atoms with Crippen molar-refractivity contribution in [1.29, 1.82) is 0 Å². The van der Waals surface area contributed by atoms with Gasteiger partial charge in [0.2, 0.25) is 0 Å². The fraction of sp³-hybridized carbons (Fsp3) is 0. The molecule has 0 aliphatic rings. The highest BCUT2D eigenvalue weighted by molar-refractivity contribution is 5.82. The van der Waals surface area contributed by atoms with Crippen LogP contribution in [0.25, 0.3) is 10.9 Å². The molecule has 0 aliphatic carbocycles. The fourth-order valence-electron chi connectivity index (χ4n) is 1.97. The van der Waals surface area contributed by atoms with Crippen LogP contribution in [0.3, 0.4) is 0 Å². The maximum Gasteiger partial charge on any atom is 0.269 e. The number of hydrogen-bond donors (Lipinski definition) is 1. The van der Waals surface area contributed by atoms with Crippen molar-refractivity contribution in [1.82, 2.24) is 4.98 Å². The maximum absolute atomic E-state index is 10.6. The van der Waals surface area contributed by atoms with Gasteiger partial charge in [-0.2, -0.15) is 0 Å². The lowest BCUT2D eigenvalue weighted by Gasteiger charge is -2.06. The predicted molar refractivity (Wildman–Crippen MR) is 78.1 cm³/mol. The first-order valence-electron chi connectivity index (χ1n) is 6.09. The largest absolute Gasteiger partial charge is 0.354 e. The summed E-state index contributed by atoms with van der Waals surface area (Å²) in [5.41, 5.74) is 2.64. The van der Waals surface area contributed by atoms with Gasteiger partial charge in [-0.15, -0.1) is 0 Å². The number of nitro groups is 1. The minimum Gasteiger partial charge on any atom is -0.354 e. The van der Waals surface area contributed by atoms with E-state index < -0.39 is 4.92 Å². The van der Waals surface area contributed by atoms with E-state index in [1.165, 1.54) is 12.1 Å². The predicted octanol–water partition coefficient (Wildman–Crippen LogP) is 3.89. The second-order valence-electron chi connectivity index (χ2n) is 4.35. The molecular weight excluding hydrogens is 254 g/mol. The Labute approximate surface area is 115 Å². The van der Waals surface area contributed by atoms with Gasteiger partial charge in [-0.25, -0.2) is 0 Å². The fourth-order valence-corrected chi connectivity index (χ4v) is 1.97. The molecule has 3 rings (SSSR count). The van der Waals surface area contributed by atoms with Crippen LogP contribution in [0.4, 0.5) is 17.1 Å². The molecule has 98 valence electrons. The number of hydrogen-bond acceptors (Lipinski definition) is 4. The molecule has 2 aromatic carbocycles. The number of para-hydroxylation sites is 1. The van der Waals surface area contributed by atoms with Crippen LogP contribution < -0.4 is 5.32 Å². The zero-order valence-electron chi connectivity index (χ0n) is 10.5. The molecule has 0 atom stereocenters. The van der Waals surface area contributed by atoms with Crippen LogP contribution >= 0.6 is 0 Å². The Morgan fingerprint density at radius 1 is 1.00 bits per heavy atom. The van der Waals surface area contributed by atoms with Crippen molar-refractivity contribution in [2.45, 2.75) is 0 Å². The monoisotopic (exact) mass is 265 g/mol. The van der Waals surface area contributed by atoms with E-state index in [2.05, 4.69) is 10.3 Å². The van der Waals surface area contributed by atoms with E-state index in [1.807, 2.05) is 30.3 Å². The first-order chi connectivity index (χ1) is 9.72. The van der Waals surface area contributed by atoms with Gasteiger partial charge in [0, 0.05) is 23.2 Å². The van der Waals surface area contributed by atoms with Crippen LogP contribution in [-0.4, -0.2) is 9.91 Å². The first kappa shape index (κ1) is 12.1. The van der Waals surface area contributed by atoms with E-state index in [-0.39, 0.29) is 5.69 Å². The average molecular weight is 265 g/mol. The van der Waals surface area contributed by atoms with Crippen LogP contribution in [-0.2, 0) is 0 Å². The molecule has 5 heteroatoms. The maximum atomic E-state index is 10.6. The second kappa shape index (κ2) is 4.97. The number of pyridine rings is 1. The van der Waals surface area contributed by atoms with Gasteiger partial charge in [-0.1, -0.05) is 18.2 Å². The molecule has 3 aromatic rings. The molecule has 0 fully saturated rings. The van der Waals surface area contributed by atoms with Gasteiger partial charge in [0.25, 0.3) is 5.69 Å². The van der Waals surface area contributed by atoms with Crippen LogP contribution in [0.5, 0.6) is 0 Å². The zero-order chi connectivity index (χ0) is 13.9. The lowest BCUT2D eigenvalue weighted by molar-refractivity contribution is -0.384. The van der Waals surface area contributed by atoms with E-state index >= 15 is 0 Å². The summed E-state index contributed by atoms with van der Waals surface area (Å²) in [6.45, 7) is 0.